The van der Waals surface area contributed by atoms with E-state index in [0.29, 0.717) is 11.3 Å². The standard InChI is InChI=1S/C13H12N4O/c1-10(17-7-6-15-9-17)13(18)16-12-5-3-2-4-11(12)8-14/h2-7,9-10H,1H3,(H,16,18). The third-order valence-electron chi connectivity index (χ3n) is 2.66. The highest BCUT2D eigenvalue weighted by Crippen LogP contribution is 2.16. The molecular formula is C13H12N4O. The molecular weight excluding hydrogens is 228 g/mol. The van der Waals surface area contributed by atoms with Crippen molar-refractivity contribution < 1.29 is 4.79 Å². The van der Waals surface area contributed by atoms with Gasteiger partial charge in [0.2, 0.25) is 5.91 Å². The second-order valence-corrected chi connectivity index (χ2v) is 3.83. The summed E-state index contributed by atoms with van der Waals surface area (Å²) in [5.41, 5.74) is 0.973. The van der Waals surface area contributed by atoms with Crippen LogP contribution in [0.5, 0.6) is 0 Å². The average Bonchev–Trinajstić information content (AvgIpc) is 2.92. The van der Waals surface area contributed by atoms with E-state index < -0.39 is 0 Å². The highest BCUT2D eigenvalue weighted by Gasteiger charge is 2.15. The van der Waals surface area contributed by atoms with Gasteiger partial charge in [-0.2, -0.15) is 5.26 Å². The van der Waals surface area contributed by atoms with E-state index in [2.05, 4.69) is 10.3 Å². The Balaban J connectivity index is 2.15. The molecule has 2 rings (SSSR count). The smallest absolute Gasteiger partial charge is 0.247 e. The highest BCUT2D eigenvalue weighted by molar-refractivity contribution is 5.94. The van der Waals surface area contributed by atoms with Crippen LogP contribution in [0.1, 0.15) is 18.5 Å². The summed E-state index contributed by atoms with van der Waals surface area (Å²) < 4.78 is 1.70. The molecule has 0 radical (unpaired) electrons. The molecule has 90 valence electrons. The van der Waals surface area contributed by atoms with Gasteiger partial charge in [0, 0.05) is 12.4 Å². The Morgan fingerprint density at radius 3 is 2.94 bits per heavy atom. The monoisotopic (exact) mass is 240 g/mol. The quantitative estimate of drug-likeness (QED) is 0.891. The summed E-state index contributed by atoms with van der Waals surface area (Å²) in [7, 11) is 0. The molecule has 0 fully saturated rings. The van der Waals surface area contributed by atoms with Crippen LogP contribution in [0.25, 0.3) is 0 Å². The molecule has 1 aromatic heterocycles. The summed E-state index contributed by atoms with van der Waals surface area (Å²) in [6.45, 7) is 1.77. The summed E-state index contributed by atoms with van der Waals surface area (Å²) in [4.78, 5) is 15.9. The summed E-state index contributed by atoms with van der Waals surface area (Å²) in [5.74, 6) is -0.185. The Hall–Kier alpha value is -2.61. The number of imidazole rings is 1. The molecule has 18 heavy (non-hydrogen) atoms. The van der Waals surface area contributed by atoms with Gasteiger partial charge in [-0.3, -0.25) is 4.79 Å². The van der Waals surface area contributed by atoms with Crippen molar-refractivity contribution in [3.8, 4) is 6.07 Å². The van der Waals surface area contributed by atoms with Gasteiger partial charge in [0.25, 0.3) is 0 Å². The zero-order chi connectivity index (χ0) is 13.0. The van der Waals surface area contributed by atoms with Gasteiger partial charge in [-0.25, -0.2) is 4.98 Å². The van der Waals surface area contributed by atoms with Crippen LogP contribution in [0.2, 0.25) is 0 Å². The van der Waals surface area contributed by atoms with Crippen molar-refractivity contribution in [3.05, 3.63) is 48.5 Å². The first-order chi connectivity index (χ1) is 8.72. The molecule has 5 nitrogen and oxygen atoms in total. The number of nitriles is 1. The lowest BCUT2D eigenvalue weighted by atomic mass is 10.2. The Morgan fingerprint density at radius 1 is 1.50 bits per heavy atom. The predicted molar refractivity (Wildman–Crippen MR) is 66.7 cm³/mol. The van der Waals surface area contributed by atoms with Crippen molar-refractivity contribution in [1.29, 1.82) is 5.26 Å². The van der Waals surface area contributed by atoms with Crippen LogP contribution < -0.4 is 5.32 Å². The number of aromatic nitrogens is 2. The summed E-state index contributed by atoms with van der Waals surface area (Å²) in [5, 5.41) is 11.7. The van der Waals surface area contributed by atoms with Crippen molar-refractivity contribution in [2.45, 2.75) is 13.0 Å². The van der Waals surface area contributed by atoms with Crippen LogP contribution in [0, 0.1) is 11.3 Å². The van der Waals surface area contributed by atoms with Crippen LogP contribution in [0.3, 0.4) is 0 Å². The van der Waals surface area contributed by atoms with Crippen molar-refractivity contribution in [2.75, 3.05) is 5.32 Å². The first-order valence-corrected chi connectivity index (χ1v) is 5.50. The second kappa shape index (κ2) is 5.15. The summed E-state index contributed by atoms with van der Waals surface area (Å²) >= 11 is 0. The topological polar surface area (TPSA) is 70.7 Å². The Bertz CT molecular complexity index is 583. The van der Waals surface area contributed by atoms with Crippen molar-refractivity contribution in [2.24, 2.45) is 0 Å². The van der Waals surface area contributed by atoms with Gasteiger partial charge in [0.05, 0.1) is 17.6 Å². The maximum atomic E-state index is 12.0. The van der Waals surface area contributed by atoms with Crippen LogP contribution in [0.15, 0.2) is 43.0 Å². The molecule has 0 aliphatic rings. The maximum absolute atomic E-state index is 12.0. The molecule has 1 unspecified atom stereocenters. The molecule has 2 aromatic rings. The number of nitrogens with one attached hydrogen (secondary N) is 1. The minimum absolute atomic E-state index is 0.185. The average molecular weight is 240 g/mol. The SMILES string of the molecule is CC(C(=O)Nc1ccccc1C#N)n1ccnc1. The van der Waals surface area contributed by atoms with Gasteiger partial charge in [0.15, 0.2) is 0 Å². The van der Waals surface area contributed by atoms with Gasteiger partial charge in [-0.15, -0.1) is 0 Å². The third kappa shape index (κ3) is 2.38. The molecule has 0 saturated heterocycles. The molecule has 1 heterocycles. The number of hydrogen-bond donors (Lipinski definition) is 1. The van der Waals surface area contributed by atoms with E-state index in [1.807, 2.05) is 6.07 Å². The van der Waals surface area contributed by atoms with Crippen molar-refractivity contribution in [1.82, 2.24) is 9.55 Å². The van der Waals surface area contributed by atoms with Crippen molar-refractivity contribution >= 4 is 11.6 Å². The number of nitrogens with zero attached hydrogens (tertiary/aromatic N) is 3. The number of para-hydroxylation sites is 1. The molecule has 0 spiro atoms. The number of rotatable bonds is 3. The van der Waals surface area contributed by atoms with Gasteiger partial charge in [0.1, 0.15) is 12.1 Å². The molecule has 0 saturated carbocycles. The lowest BCUT2D eigenvalue weighted by molar-refractivity contribution is -0.118. The molecule has 0 bridgehead atoms. The molecule has 1 amide bonds. The number of hydrogen-bond acceptors (Lipinski definition) is 3. The molecule has 1 N–H and O–H groups in total. The minimum atomic E-state index is -0.376. The Kier molecular flexibility index (Phi) is 3.39. The van der Waals surface area contributed by atoms with E-state index in [9.17, 15) is 4.79 Å². The van der Waals surface area contributed by atoms with E-state index in [1.54, 1.807) is 54.5 Å². The number of carbonyl (C=O) groups is 1. The molecule has 1 atom stereocenters. The van der Waals surface area contributed by atoms with E-state index >= 15 is 0 Å². The minimum Gasteiger partial charge on any atom is -0.325 e. The first kappa shape index (κ1) is 11.9. The van der Waals surface area contributed by atoms with Crippen LogP contribution in [-0.2, 0) is 4.79 Å². The van der Waals surface area contributed by atoms with E-state index in [4.69, 9.17) is 5.26 Å². The Morgan fingerprint density at radius 2 is 2.28 bits per heavy atom. The van der Waals surface area contributed by atoms with Gasteiger partial charge in [-0.1, -0.05) is 12.1 Å². The lowest BCUT2D eigenvalue weighted by Crippen LogP contribution is -2.23. The van der Waals surface area contributed by atoms with E-state index in [0.717, 1.165) is 0 Å². The van der Waals surface area contributed by atoms with Crippen molar-refractivity contribution in [3.63, 3.8) is 0 Å². The fourth-order valence-electron chi connectivity index (χ4n) is 1.56. The number of benzene rings is 1. The maximum Gasteiger partial charge on any atom is 0.247 e. The van der Waals surface area contributed by atoms with Gasteiger partial charge < -0.3 is 9.88 Å². The van der Waals surface area contributed by atoms with Gasteiger partial charge in [-0.05, 0) is 19.1 Å². The molecule has 0 aliphatic carbocycles. The fraction of sp³-hybridized carbons (Fsp3) is 0.154. The normalized spacial score (nSPS) is 11.6. The van der Waals surface area contributed by atoms with Crippen LogP contribution >= 0.6 is 0 Å². The molecule has 0 aliphatic heterocycles. The number of anilines is 1. The third-order valence-corrected chi connectivity index (χ3v) is 2.66. The van der Waals surface area contributed by atoms with Gasteiger partial charge >= 0.3 is 0 Å². The lowest BCUT2D eigenvalue weighted by Gasteiger charge is -2.13. The summed E-state index contributed by atoms with van der Waals surface area (Å²) in [6.07, 6.45) is 4.92. The van der Waals surface area contributed by atoms with E-state index in [1.165, 1.54) is 0 Å². The molecule has 1 aromatic carbocycles. The number of amides is 1. The zero-order valence-corrected chi connectivity index (χ0v) is 9.87. The Labute approximate surface area is 105 Å². The predicted octanol–water partition coefficient (Wildman–Crippen LogP) is 1.95. The van der Waals surface area contributed by atoms with E-state index in [-0.39, 0.29) is 11.9 Å². The fourth-order valence-corrected chi connectivity index (χ4v) is 1.56. The second-order valence-electron chi connectivity index (χ2n) is 3.83. The summed E-state index contributed by atoms with van der Waals surface area (Å²) in [6, 6.07) is 8.57. The zero-order valence-electron chi connectivity index (χ0n) is 9.87. The van der Waals surface area contributed by atoms with Crippen LogP contribution in [-0.4, -0.2) is 15.5 Å². The first-order valence-electron chi connectivity index (χ1n) is 5.50. The highest BCUT2D eigenvalue weighted by atomic mass is 16.2. The molecule has 5 heteroatoms. The number of carbonyl (C=O) groups excluding carboxylic acids is 1. The van der Waals surface area contributed by atoms with Crippen LogP contribution in [0.4, 0.5) is 5.69 Å². The largest absolute Gasteiger partial charge is 0.325 e.